The zero-order chi connectivity index (χ0) is 16.2. The van der Waals surface area contributed by atoms with Crippen LogP contribution in [0.1, 0.15) is 56.5 Å². The summed E-state index contributed by atoms with van der Waals surface area (Å²) >= 11 is 0. The summed E-state index contributed by atoms with van der Waals surface area (Å²) in [4.78, 5) is 14.7. The molecule has 1 saturated heterocycles. The van der Waals surface area contributed by atoms with Crippen LogP contribution in [0.15, 0.2) is 24.3 Å². The Kier molecular flexibility index (Phi) is 5.63. The van der Waals surface area contributed by atoms with E-state index in [4.69, 9.17) is 4.74 Å². The molecule has 2 rings (SSSR count). The minimum Gasteiger partial charge on any atom is -0.381 e. The number of likely N-dealkylation sites (tertiary alicyclic amines) is 1. The molecular weight excluding hydrogens is 274 g/mol. The summed E-state index contributed by atoms with van der Waals surface area (Å²) in [6.45, 7) is 11.8. The molecule has 22 heavy (non-hydrogen) atoms. The summed E-state index contributed by atoms with van der Waals surface area (Å²) in [6, 6.07) is 8.09. The van der Waals surface area contributed by atoms with Crippen molar-refractivity contribution >= 4 is 5.91 Å². The average Bonchev–Trinajstić information content (AvgIpc) is 2.52. The second kappa shape index (κ2) is 7.28. The van der Waals surface area contributed by atoms with Crippen molar-refractivity contribution in [1.82, 2.24) is 4.90 Å². The molecule has 0 radical (unpaired) electrons. The van der Waals surface area contributed by atoms with E-state index in [9.17, 15) is 4.79 Å². The molecule has 1 atom stereocenters. The van der Waals surface area contributed by atoms with Gasteiger partial charge in [0.15, 0.2) is 0 Å². The number of nitrogens with zero attached hydrogens (tertiary/aromatic N) is 1. The van der Waals surface area contributed by atoms with E-state index >= 15 is 0 Å². The van der Waals surface area contributed by atoms with Crippen LogP contribution in [0, 0.1) is 5.92 Å². The smallest absolute Gasteiger partial charge is 0.253 e. The first-order chi connectivity index (χ1) is 10.4. The zero-order valence-corrected chi connectivity index (χ0v) is 14.4. The van der Waals surface area contributed by atoms with Gasteiger partial charge in [0.1, 0.15) is 0 Å². The van der Waals surface area contributed by atoms with Crippen molar-refractivity contribution in [2.45, 2.75) is 46.0 Å². The van der Waals surface area contributed by atoms with Gasteiger partial charge in [0, 0.05) is 25.3 Å². The number of ether oxygens (including phenoxy) is 1. The van der Waals surface area contributed by atoms with Gasteiger partial charge in [-0.3, -0.25) is 4.79 Å². The monoisotopic (exact) mass is 303 g/mol. The van der Waals surface area contributed by atoms with Crippen LogP contribution in [0.2, 0.25) is 0 Å². The third-order valence-corrected chi connectivity index (χ3v) is 4.36. The molecule has 1 fully saturated rings. The second-order valence-electron chi connectivity index (χ2n) is 7.25. The molecule has 1 heterocycles. The maximum Gasteiger partial charge on any atom is 0.253 e. The Morgan fingerprint density at radius 1 is 1.27 bits per heavy atom. The van der Waals surface area contributed by atoms with Crippen LogP contribution in [0.4, 0.5) is 0 Å². The number of benzene rings is 1. The van der Waals surface area contributed by atoms with Crippen molar-refractivity contribution in [2.24, 2.45) is 5.92 Å². The summed E-state index contributed by atoms with van der Waals surface area (Å²) in [7, 11) is 0. The Balaban J connectivity index is 2.01. The number of piperidine rings is 1. The first-order valence-electron chi connectivity index (χ1n) is 8.39. The number of carbonyl (C=O) groups excluding carboxylic acids is 1. The Morgan fingerprint density at radius 2 is 1.95 bits per heavy atom. The van der Waals surface area contributed by atoms with Crippen LogP contribution in [0.3, 0.4) is 0 Å². The maximum absolute atomic E-state index is 12.7. The van der Waals surface area contributed by atoms with Gasteiger partial charge in [-0.05, 0) is 48.8 Å². The normalized spacial score (nSPS) is 19.3. The molecule has 0 bridgehead atoms. The number of rotatable bonds is 4. The standard InChI is InChI=1S/C19H29NO2/c1-5-22-14-15-7-6-12-20(13-15)18(21)16-8-10-17(11-9-16)19(2,3)4/h8-11,15H,5-7,12-14H2,1-4H3. The Hall–Kier alpha value is -1.35. The highest BCUT2D eigenvalue weighted by atomic mass is 16.5. The van der Waals surface area contributed by atoms with Gasteiger partial charge in [0.2, 0.25) is 0 Å². The Morgan fingerprint density at radius 3 is 2.55 bits per heavy atom. The summed E-state index contributed by atoms with van der Waals surface area (Å²) < 4.78 is 5.52. The molecule has 1 aromatic carbocycles. The van der Waals surface area contributed by atoms with E-state index in [1.165, 1.54) is 5.56 Å². The van der Waals surface area contributed by atoms with Crippen LogP contribution < -0.4 is 0 Å². The van der Waals surface area contributed by atoms with Crippen molar-refractivity contribution in [3.05, 3.63) is 35.4 Å². The lowest BCUT2D eigenvalue weighted by molar-refractivity contribution is 0.0501. The van der Waals surface area contributed by atoms with Gasteiger partial charge in [-0.25, -0.2) is 0 Å². The maximum atomic E-state index is 12.7. The van der Waals surface area contributed by atoms with Gasteiger partial charge >= 0.3 is 0 Å². The summed E-state index contributed by atoms with van der Waals surface area (Å²) in [5, 5.41) is 0. The Labute approximate surface area is 134 Å². The van der Waals surface area contributed by atoms with Crippen LogP contribution in [-0.2, 0) is 10.2 Å². The van der Waals surface area contributed by atoms with Crippen molar-refractivity contribution in [3.63, 3.8) is 0 Å². The zero-order valence-electron chi connectivity index (χ0n) is 14.4. The van der Waals surface area contributed by atoms with Gasteiger partial charge in [-0.15, -0.1) is 0 Å². The highest BCUT2D eigenvalue weighted by Crippen LogP contribution is 2.23. The quantitative estimate of drug-likeness (QED) is 0.845. The number of carbonyl (C=O) groups is 1. The molecule has 0 aromatic heterocycles. The van der Waals surface area contributed by atoms with E-state index < -0.39 is 0 Å². The fourth-order valence-corrected chi connectivity index (χ4v) is 2.97. The molecule has 0 aliphatic carbocycles. The fraction of sp³-hybridized carbons (Fsp3) is 0.632. The van der Waals surface area contributed by atoms with Crippen molar-refractivity contribution in [2.75, 3.05) is 26.3 Å². The topological polar surface area (TPSA) is 29.5 Å². The molecule has 122 valence electrons. The predicted octanol–water partition coefficient (Wildman–Crippen LogP) is 3.87. The predicted molar refractivity (Wildman–Crippen MR) is 90.3 cm³/mol. The lowest BCUT2D eigenvalue weighted by Gasteiger charge is -2.32. The molecule has 1 aromatic rings. The third kappa shape index (κ3) is 4.33. The minimum atomic E-state index is 0.120. The van der Waals surface area contributed by atoms with E-state index in [1.54, 1.807) is 0 Å². The molecule has 0 N–H and O–H groups in total. The lowest BCUT2D eigenvalue weighted by Crippen LogP contribution is -2.41. The van der Waals surface area contributed by atoms with Gasteiger partial charge in [0.05, 0.1) is 6.61 Å². The minimum absolute atomic E-state index is 0.120. The first-order valence-corrected chi connectivity index (χ1v) is 8.39. The highest BCUT2D eigenvalue weighted by Gasteiger charge is 2.24. The van der Waals surface area contributed by atoms with E-state index in [0.29, 0.717) is 5.92 Å². The van der Waals surface area contributed by atoms with Gasteiger partial charge in [0.25, 0.3) is 5.91 Å². The average molecular weight is 303 g/mol. The van der Waals surface area contributed by atoms with E-state index in [-0.39, 0.29) is 11.3 Å². The van der Waals surface area contributed by atoms with Gasteiger partial charge in [-0.2, -0.15) is 0 Å². The second-order valence-corrected chi connectivity index (χ2v) is 7.25. The Bertz CT molecular complexity index is 487. The van der Waals surface area contributed by atoms with E-state index in [1.807, 2.05) is 24.0 Å². The van der Waals surface area contributed by atoms with Crippen molar-refractivity contribution < 1.29 is 9.53 Å². The van der Waals surface area contributed by atoms with Crippen LogP contribution in [0.5, 0.6) is 0 Å². The molecule has 0 saturated carbocycles. The molecule has 1 unspecified atom stereocenters. The molecule has 1 amide bonds. The molecule has 3 nitrogen and oxygen atoms in total. The molecular formula is C19H29NO2. The summed E-state index contributed by atoms with van der Waals surface area (Å²) in [5.74, 6) is 0.633. The highest BCUT2D eigenvalue weighted by molar-refractivity contribution is 5.94. The number of hydrogen-bond donors (Lipinski definition) is 0. The number of hydrogen-bond acceptors (Lipinski definition) is 2. The van der Waals surface area contributed by atoms with Crippen LogP contribution in [-0.4, -0.2) is 37.1 Å². The van der Waals surface area contributed by atoms with Crippen LogP contribution >= 0.6 is 0 Å². The first kappa shape index (κ1) is 17.0. The third-order valence-electron chi connectivity index (χ3n) is 4.36. The van der Waals surface area contributed by atoms with Crippen LogP contribution in [0.25, 0.3) is 0 Å². The SMILES string of the molecule is CCOCC1CCCN(C(=O)c2ccc(C(C)(C)C)cc2)C1. The molecule has 3 heteroatoms. The van der Waals surface area contributed by atoms with E-state index in [0.717, 1.165) is 44.7 Å². The molecule has 1 aliphatic heterocycles. The van der Waals surface area contributed by atoms with E-state index in [2.05, 4.69) is 32.9 Å². The molecule has 1 aliphatic rings. The number of amides is 1. The fourth-order valence-electron chi connectivity index (χ4n) is 2.97. The van der Waals surface area contributed by atoms with Crippen molar-refractivity contribution in [1.29, 1.82) is 0 Å². The van der Waals surface area contributed by atoms with Gasteiger partial charge in [-0.1, -0.05) is 32.9 Å². The molecule has 0 spiro atoms. The van der Waals surface area contributed by atoms with Crippen molar-refractivity contribution in [3.8, 4) is 0 Å². The summed E-state index contributed by atoms with van der Waals surface area (Å²) in [6.07, 6.45) is 2.23. The summed E-state index contributed by atoms with van der Waals surface area (Å²) in [5.41, 5.74) is 2.18. The largest absolute Gasteiger partial charge is 0.381 e. The lowest BCUT2D eigenvalue weighted by atomic mass is 9.86. The van der Waals surface area contributed by atoms with Gasteiger partial charge < -0.3 is 9.64 Å².